The van der Waals surface area contributed by atoms with Crippen LogP contribution in [0, 0.1) is 23.2 Å². The highest BCUT2D eigenvalue weighted by Gasteiger charge is 2.49. The van der Waals surface area contributed by atoms with Gasteiger partial charge in [-0.2, -0.15) is 5.26 Å². The number of hydrogen-bond acceptors (Lipinski definition) is 5. The van der Waals surface area contributed by atoms with Crippen LogP contribution in [0.25, 0.3) is 0 Å². The van der Waals surface area contributed by atoms with Gasteiger partial charge in [0.15, 0.2) is 0 Å². The first kappa shape index (κ1) is 25.9. The maximum absolute atomic E-state index is 13.2. The first-order chi connectivity index (χ1) is 15.1. The van der Waals surface area contributed by atoms with E-state index >= 15 is 0 Å². The highest BCUT2D eigenvalue weighted by Crippen LogP contribution is 2.36. The Morgan fingerprint density at radius 3 is 2.34 bits per heavy atom. The Morgan fingerprint density at radius 2 is 1.84 bits per heavy atom. The molecular weight excluding hydrogens is 402 g/mol. The van der Waals surface area contributed by atoms with Gasteiger partial charge in [0.05, 0.1) is 12.0 Å². The van der Waals surface area contributed by atoms with Crippen molar-refractivity contribution in [3.05, 3.63) is 35.9 Å². The summed E-state index contributed by atoms with van der Waals surface area (Å²) >= 11 is 0. The Balaban J connectivity index is 2.46. The lowest BCUT2D eigenvalue weighted by Crippen LogP contribution is -2.54. The summed E-state index contributed by atoms with van der Waals surface area (Å²) in [7, 11) is 0. The number of nitriles is 1. The Labute approximate surface area is 193 Å². The number of amides is 1. The lowest BCUT2D eigenvalue weighted by Gasteiger charge is -2.37. The molecule has 0 spiro atoms. The second-order valence-electron chi connectivity index (χ2n) is 9.89. The molecule has 0 aromatic heterocycles. The number of hydrogen-bond donors (Lipinski definition) is 1. The van der Waals surface area contributed by atoms with Crippen molar-refractivity contribution in [2.45, 2.75) is 97.5 Å². The highest BCUT2D eigenvalue weighted by molar-refractivity contribution is 5.77. The predicted octanol–water partition coefficient (Wildman–Crippen LogP) is 4.44. The third kappa shape index (κ3) is 7.06. The van der Waals surface area contributed by atoms with Gasteiger partial charge in [-0.25, -0.2) is 0 Å². The van der Waals surface area contributed by atoms with Crippen LogP contribution in [-0.4, -0.2) is 40.5 Å². The quantitative estimate of drug-likeness (QED) is 0.573. The molecule has 1 N–H and O–H groups in total. The number of benzene rings is 1. The van der Waals surface area contributed by atoms with E-state index < -0.39 is 11.6 Å². The van der Waals surface area contributed by atoms with Crippen molar-refractivity contribution in [3.8, 4) is 6.07 Å². The summed E-state index contributed by atoms with van der Waals surface area (Å²) in [6.45, 7) is 11.9. The molecule has 2 rings (SSSR count). The van der Waals surface area contributed by atoms with E-state index in [4.69, 9.17) is 4.74 Å². The molecule has 6 heteroatoms. The van der Waals surface area contributed by atoms with Gasteiger partial charge >= 0.3 is 5.97 Å². The van der Waals surface area contributed by atoms with Crippen LogP contribution in [-0.2, 0) is 20.9 Å². The van der Waals surface area contributed by atoms with Gasteiger partial charge in [-0.05, 0) is 45.1 Å². The van der Waals surface area contributed by atoms with Crippen molar-refractivity contribution in [3.63, 3.8) is 0 Å². The monoisotopic (exact) mass is 441 g/mol. The third-order valence-electron chi connectivity index (χ3n) is 6.27. The van der Waals surface area contributed by atoms with E-state index in [9.17, 15) is 14.9 Å². The molecule has 1 aliphatic rings. The Kier molecular flexibility index (Phi) is 9.27. The van der Waals surface area contributed by atoms with E-state index in [0.29, 0.717) is 18.9 Å². The van der Waals surface area contributed by atoms with Crippen molar-refractivity contribution in [2.75, 3.05) is 0 Å². The standard InChI is InChI=1S/C26H39N3O3/c1-7-19(8-2)14-22(28-18(3)30)24-21(16-27)15-23(25(31)32-26(4,5)6)29(24)17-20-12-10-9-11-13-20/h9-13,19,21-24H,7-8,14-15,17H2,1-6H3,(H,28,30)/t21-,22-,23?,24+/m0/s1. The van der Waals surface area contributed by atoms with Gasteiger partial charge in [0.1, 0.15) is 11.6 Å². The molecule has 6 nitrogen and oxygen atoms in total. The van der Waals surface area contributed by atoms with E-state index in [1.165, 1.54) is 6.92 Å². The highest BCUT2D eigenvalue weighted by atomic mass is 16.6. The SMILES string of the molecule is CCC(CC)C[C@H](NC(C)=O)[C@H]1[C@H](C#N)CC(C(=O)OC(C)(C)C)N1Cc1ccccc1. The van der Waals surface area contributed by atoms with Crippen LogP contribution in [0.3, 0.4) is 0 Å². The fourth-order valence-electron chi connectivity index (χ4n) is 4.73. The molecule has 1 unspecified atom stereocenters. The second-order valence-corrected chi connectivity index (χ2v) is 9.89. The molecule has 176 valence electrons. The van der Waals surface area contributed by atoms with Crippen molar-refractivity contribution in [1.82, 2.24) is 10.2 Å². The zero-order valence-corrected chi connectivity index (χ0v) is 20.4. The van der Waals surface area contributed by atoms with Crippen molar-refractivity contribution in [2.24, 2.45) is 11.8 Å². The molecule has 1 aliphatic heterocycles. The maximum Gasteiger partial charge on any atom is 0.323 e. The van der Waals surface area contributed by atoms with Gasteiger partial charge in [-0.1, -0.05) is 57.0 Å². The zero-order chi connectivity index (χ0) is 23.9. The van der Waals surface area contributed by atoms with Gasteiger partial charge in [-0.15, -0.1) is 0 Å². The van der Waals surface area contributed by atoms with Gasteiger partial charge < -0.3 is 10.1 Å². The molecule has 1 aromatic carbocycles. The van der Waals surface area contributed by atoms with Crippen LogP contribution < -0.4 is 5.32 Å². The number of carbonyl (C=O) groups excluding carboxylic acids is 2. The Morgan fingerprint density at radius 1 is 1.22 bits per heavy atom. The van der Waals surface area contributed by atoms with E-state index in [-0.39, 0.29) is 29.9 Å². The van der Waals surface area contributed by atoms with Crippen molar-refractivity contribution >= 4 is 11.9 Å². The average molecular weight is 442 g/mol. The van der Waals surface area contributed by atoms with E-state index in [1.54, 1.807) is 0 Å². The van der Waals surface area contributed by atoms with Crippen LogP contribution in [0.1, 0.15) is 72.8 Å². The van der Waals surface area contributed by atoms with Crippen LogP contribution in [0.2, 0.25) is 0 Å². The lowest BCUT2D eigenvalue weighted by atomic mass is 9.86. The fraction of sp³-hybridized carbons (Fsp3) is 0.654. The summed E-state index contributed by atoms with van der Waals surface area (Å²) in [6, 6.07) is 11.4. The molecule has 1 heterocycles. The molecule has 1 amide bonds. The molecule has 4 atom stereocenters. The van der Waals surface area contributed by atoms with Crippen LogP contribution in [0.4, 0.5) is 0 Å². The average Bonchev–Trinajstić information content (AvgIpc) is 3.08. The summed E-state index contributed by atoms with van der Waals surface area (Å²) in [5.74, 6) is -0.355. The summed E-state index contributed by atoms with van der Waals surface area (Å²) in [4.78, 5) is 27.4. The third-order valence-corrected chi connectivity index (χ3v) is 6.27. The van der Waals surface area contributed by atoms with Gasteiger partial charge in [-0.3, -0.25) is 14.5 Å². The molecule has 0 saturated carbocycles. The Bertz CT molecular complexity index is 793. The molecule has 0 radical (unpaired) electrons. The van der Waals surface area contributed by atoms with Crippen LogP contribution >= 0.6 is 0 Å². The minimum absolute atomic E-state index is 0.113. The van der Waals surface area contributed by atoms with Gasteiger partial charge in [0, 0.05) is 25.6 Å². The molecule has 1 fully saturated rings. The number of rotatable bonds is 9. The summed E-state index contributed by atoms with van der Waals surface area (Å²) in [5, 5.41) is 13.2. The van der Waals surface area contributed by atoms with Crippen LogP contribution in [0.5, 0.6) is 0 Å². The minimum atomic E-state index is -0.609. The first-order valence-electron chi connectivity index (χ1n) is 11.8. The molecule has 1 aromatic rings. The van der Waals surface area contributed by atoms with E-state index in [0.717, 1.165) is 24.8 Å². The van der Waals surface area contributed by atoms with Gasteiger partial charge in [0.2, 0.25) is 5.91 Å². The first-order valence-corrected chi connectivity index (χ1v) is 11.8. The minimum Gasteiger partial charge on any atom is -0.459 e. The number of nitrogens with zero attached hydrogens (tertiary/aromatic N) is 2. The second kappa shape index (κ2) is 11.5. The molecular formula is C26H39N3O3. The number of ether oxygens (including phenoxy) is 1. The van der Waals surface area contributed by atoms with Crippen molar-refractivity contribution < 1.29 is 14.3 Å². The zero-order valence-electron chi connectivity index (χ0n) is 20.4. The largest absolute Gasteiger partial charge is 0.459 e. The van der Waals surface area contributed by atoms with Gasteiger partial charge in [0.25, 0.3) is 0 Å². The molecule has 0 bridgehead atoms. The van der Waals surface area contributed by atoms with Crippen LogP contribution in [0.15, 0.2) is 30.3 Å². The number of nitrogens with one attached hydrogen (secondary N) is 1. The Hall–Kier alpha value is -2.39. The number of likely N-dealkylation sites (tertiary alicyclic amines) is 1. The molecule has 0 aliphatic carbocycles. The lowest BCUT2D eigenvalue weighted by molar-refractivity contribution is -0.161. The van der Waals surface area contributed by atoms with E-state index in [2.05, 4.69) is 30.1 Å². The smallest absolute Gasteiger partial charge is 0.323 e. The maximum atomic E-state index is 13.2. The topological polar surface area (TPSA) is 82.4 Å². The summed E-state index contributed by atoms with van der Waals surface area (Å²) in [6.07, 6.45) is 3.19. The molecule has 1 saturated heterocycles. The number of esters is 1. The summed E-state index contributed by atoms with van der Waals surface area (Å²) in [5.41, 5.74) is 0.455. The normalized spacial score (nSPS) is 22.4. The van der Waals surface area contributed by atoms with Crippen molar-refractivity contribution in [1.29, 1.82) is 5.26 Å². The fourth-order valence-corrected chi connectivity index (χ4v) is 4.73. The summed E-state index contributed by atoms with van der Waals surface area (Å²) < 4.78 is 5.74. The van der Waals surface area contributed by atoms with E-state index in [1.807, 2.05) is 51.1 Å². The number of carbonyl (C=O) groups is 2. The predicted molar refractivity (Wildman–Crippen MR) is 125 cm³/mol. The molecule has 32 heavy (non-hydrogen) atoms.